The zero-order chi connectivity index (χ0) is 20.9. The number of benzene rings is 2. The monoisotopic (exact) mass is 405 g/mol. The third kappa shape index (κ3) is 5.25. The molecule has 2 aromatic carbocycles. The van der Waals surface area contributed by atoms with Crippen molar-refractivity contribution < 1.29 is 23.1 Å². The van der Waals surface area contributed by atoms with Gasteiger partial charge in [0, 0.05) is 6.04 Å². The van der Waals surface area contributed by atoms with Crippen LogP contribution in [-0.4, -0.2) is 31.3 Å². The van der Waals surface area contributed by atoms with Crippen LogP contribution in [0.4, 0.5) is 5.69 Å². The first-order valence-electron chi connectivity index (χ1n) is 9.23. The van der Waals surface area contributed by atoms with Crippen LogP contribution in [0, 0.1) is 6.92 Å². The van der Waals surface area contributed by atoms with Crippen LogP contribution in [0.5, 0.6) is 5.75 Å². The summed E-state index contributed by atoms with van der Waals surface area (Å²) in [5, 5.41) is 8.99. The summed E-state index contributed by atoms with van der Waals surface area (Å²) in [5.41, 5.74) is 2.47. The summed E-state index contributed by atoms with van der Waals surface area (Å²) >= 11 is 0. The van der Waals surface area contributed by atoms with E-state index in [4.69, 9.17) is 9.84 Å². The molecule has 0 heterocycles. The molecule has 2 rings (SSSR count). The Morgan fingerprint density at radius 1 is 1.14 bits per heavy atom. The number of nitrogens with zero attached hydrogens (tertiary/aromatic N) is 1. The van der Waals surface area contributed by atoms with E-state index >= 15 is 0 Å². The molecule has 6 nitrogen and oxygen atoms in total. The second-order valence-corrected chi connectivity index (χ2v) is 8.93. The SMILES string of the molecule is CCCS(=O)(=O)N(c1ccc(C)cc1OCc1ccc(C(=O)O)cc1)C(C)C. The Hall–Kier alpha value is -2.54. The van der Waals surface area contributed by atoms with E-state index in [9.17, 15) is 13.2 Å². The third-order valence-corrected chi connectivity index (χ3v) is 6.32. The van der Waals surface area contributed by atoms with Crippen molar-refractivity contribution in [1.82, 2.24) is 0 Å². The van der Waals surface area contributed by atoms with Crippen LogP contribution in [0.1, 0.15) is 48.7 Å². The molecule has 2 aromatic rings. The van der Waals surface area contributed by atoms with Crippen LogP contribution < -0.4 is 9.04 Å². The van der Waals surface area contributed by atoms with Gasteiger partial charge in [-0.15, -0.1) is 0 Å². The number of carbonyl (C=O) groups is 1. The fourth-order valence-electron chi connectivity index (χ4n) is 2.93. The topological polar surface area (TPSA) is 83.9 Å². The van der Waals surface area contributed by atoms with Gasteiger partial charge in [-0.25, -0.2) is 13.2 Å². The molecule has 0 saturated carbocycles. The molecule has 0 bridgehead atoms. The number of sulfonamides is 1. The van der Waals surface area contributed by atoms with Crippen LogP contribution in [0.15, 0.2) is 42.5 Å². The molecule has 7 heteroatoms. The number of ether oxygens (including phenoxy) is 1. The van der Waals surface area contributed by atoms with Gasteiger partial charge in [0.1, 0.15) is 12.4 Å². The lowest BCUT2D eigenvalue weighted by atomic mass is 10.1. The van der Waals surface area contributed by atoms with E-state index in [0.717, 1.165) is 11.1 Å². The number of aromatic carboxylic acids is 1. The molecule has 28 heavy (non-hydrogen) atoms. The Morgan fingerprint density at radius 3 is 2.32 bits per heavy atom. The third-order valence-electron chi connectivity index (χ3n) is 4.18. The molecule has 152 valence electrons. The summed E-state index contributed by atoms with van der Waals surface area (Å²) in [6, 6.07) is 11.6. The summed E-state index contributed by atoms with van der Waals surface area (Å²) in [7, 11) is -3.47. The van der Waals surface area contributed by atoms with Crippen molar-refractivity contribution in [1.29, 1.82) is 0 Å². The molecule has 0 aliphatic heterocycles. The van der Waals surface area contributed by atoms with Crippen molar-refractivity contribution in [3.05, 3.63) is 59.2 Å². The van der Waals surface area contributed by atoms with Crippen molar-refractivity contribution in [2.75, 3.05) is 10.1 Å². The predicted molar refractivity (Wildman–Crippen MR) is 111 cm³/mol. The lowest BCUT2D eigenvalue weighted by Crippen LogP contribution is -2.38. The maximum Gasteiger partial charge on any atom is 0.335 e. The highest BCUT2D eigenvalue weighted by molar-refractivity contribution is 7.92. The quantitative estimate of drug-likeness (QED) is 0.675. The normalized spacial score (nSPS) is 11.5. The summed E-state index contributed by atoms with van der Waals surface area (Å²) < 4.78 is 33.0. The van der Waals surface area contributed by atoms with Crippen LogP contribution in [0.3, 0.4) is 0 Å². The highest BCUT2D eigenvalue weighted by Crippen LogP contribution is 2.34. The van der Waals surface area contributed by atoms with Gasteiger partial charge in [0.15, 0.2) is 0 Å². The standard InChI is InChI=1S/C21H27NO5S/c1-5-12-28(25,26)22(15(2)3)19-11-6-16(4)13-20(19)27-14-17-7-9-18(10-8-17)21(23)24/h6-11,13,15H,5,12,14H2,1-4H3,(H,23,24). The average Bonchev–Trinajstić information content (AvgIpc) is 2.61. The van der Waals surface area contributed by atoms with Crippen molar-refractivity contribution in [2.24, 2.45) is 0 Å². The van der Waals surface area contributed by atoms with E-state index < -0.39 is 16.0 Å². The maximum atomic E-state index is 12.8. The minimum Gasteiger partial charge on any atom is -0.487 e. The van der Waals surface area contributed by atoms with Gasteiger partial charge in [0.2, 0.25) is 10.0 Å². The summed E-state index contributed by atoms with van der Waals surface area (Å²) in [6.07, 6.45) is 0.531. The lowest BCUT2D eigenvalue weighted by Gasteiger charge is -2.30. The van der Waals surface area contributed by atoms with Crippen LogP contribution in [0.2, 0.25) is 0 Å². The zero-order valence-corrected chi connectivity index (χ0v) is 17.5. The van der Waals surface area contributed by atoms with E-state index in [0.29, 0.717) is 17.9 Å². The van der Waals surface area contributed by atoms with Crippen molar-refractivity contribution in [3.8, 4) is 5.75 Å². The van der Waals surface area contributed by atoms with E-state index in [1.807, 2.05) is 39.8 Å². The summed E-state index contributed by atoms with van der Waals surface area (Å²) in [6.45, 7) is 7.63. The number of hydrogen-bond acceptors (Lipinski definition) is 4. The Labute approximate surface area is 166 Å². The second kappa shape index (κ2) is 9.10. The molecule has 0 aliphatic carbocycles. The molecular weight excluding hydrogens is 378 g/mol. The first-order valence-corrected chi connectivity index (χ1v) is 10.8. The minimum atomic E-state index is -3.47. The highest BCUT2D eigenvalue weighted by atomic mass is 32.2. The Morgan fingerprint density at radius 2 is 1.79 bits per heavy atom. The molecular formula is C21H27NO5S. The Bertz CT molecular complexity index is 920. The van der Waals surface area contributed by atoms with Gasteiger partial charge in [-0.3, -0.25) is 4.31 Å². The van der Waals surface area contributed by atoms with Gasteiger partial charge in [-0.2, -0.15) is 0 Å². The van der Waals surface area contributed by atoms with Gasteiger partial charge in [-0.1, -0.05) is 25.1 Å². The molecule has 0 spiro atoms. The lowest BCUT2D eigenvalue weighted by molar-refractivity contribution is 0.0697. The van der Waals surface area contributed by atoms with E-state index in [2.05, 4.69) is 0 Å². The molecule has 0 atom stereocenters. The Balaban J connectivity index is 2.34. The molecule has 0 unspecified atom stereocenters. The second-order valence-electron chi connectivity index (χ2n) is 6.97. The fraction of sp³-hybridized carbons (Fsp3) is 0.381. The van der Waals surface area contributed by atoms with Crippen molar-refractivity contribution >= 4 is 21.7 Å². The van der Waals surface area contributed by atoms with Gasteiger partial charge in [0.25, 0.3) is 0 Å². The van der Waals surface area contributed by atoms with Gasteiger partial charge in [0.05, 0.1) is 17.0 Å². The number of aryl methyl sites for hydroxylation is 1. The van der Waals surface area contributed by atoms with Gasteiger partial charge >= 0.3 is 5.97 Å². The van der Waals surface area contributed by atoms with Crippen molar-refractivity contribution in [2.45, 2.75) is 46.8 Å². The highest BCUT2D eigenvalue weighted by Gasteiger charge is 2.27. The van der Waals surface area contributed by atoms with Crippen molar-refractivity contribution in [3.63, 3.8) is 0 Å². The van der Waals surface area contributed by atoms with Crippen LogP contribution in [0.25, 0.3) is 0 Å². The van der Waals surface area contributed by atoms with Crippen LogP contribution in [-0.2, 0) is 16.6 Å². The molecule has 0 aromatic heterocycles. The fourth-order valence-corrected chi connectivity index (χ4v) is 4.73. The Kier molecular flexibility index (Phi) is 7.07. The molecule has 0 radical (unpaired) electrons. The van der Waals surface area contributed by atoms with Crippen LogP contribution >= 0.6 is 0 Å². The van der Waals surface area contributed by atoms with E-state index in [1.54, 1.807) is 18.2 Å². The molecule has 0 fully saturated rings. The first kappa shape index (κ1) is 21.8. The number of carboxylic acid groups (broad SMARTS) is 1. The van der Waals surface area contributed by atoms with E-state index in [1.165, 1.54) is 16.4 Å². The maximum absolute atomic E-state index is 12.8. The predicted octanol–water partition coefficient (Wildman–Crippen LogP) is 4.23. The largest absolute Gasteiger partial charge is 0.487 e. The molecule has 0 aliphatic rings. The van der Waals surface area contributed by atoms with Gasteiger partial charge < -0.3 is 9.84 Å². The molecule has 0 saturated heterocycles. The number of anilines is 1. The molecule has 0 amide bonds. The van der Waals surface area contributed by atoms with E-state index in [-0.39, 0.29) is 24.0 Å². The first-order chi connectivity index (χ1) is 13.2. The summed E-state index contributed by atoms with van der Waals surface area (Å²) in [5.74, 6) is -0.437. The smallest absolute Gasteiger partial charge is 0.335 e. The van der Waals surface area contributed by atoms with Gasteiger partial charge in [-0.05, 0) is 62.6 Å². The molecule has 1 N–H and O–H groups in total. The average molecular weight is 406 g/mol. The summed E-state index contributed by atoms with van der Waals surface area (Å²) in [4.78, 5) is 11.0. The number of rotatable bonds is 9. The minimum absolute atomic E-state index is 0.0646. The number of carboxylic acids is 1. The zero-order valence-electron chi connectivity index (χ0n) is 16.7. The number of hydrogen-bond donors (Lipinski definition) is 1.